The van der Waals surface area contributed by atoms with Gasteiger partial charge in [0, 0.05) is 33.8 Å². The van der Waals surface area contributed by atoms with Crippen molar-refractivity contribution in [3.05, 3.63) is 29.8 Å². The van der Waals surface area contributed by atoms with Gasteiger partial charge in [0.15, 0.2) is 5.96 Å². The van der Waals surface area contributed by atoms with Gasteiger partial charge in [-0.3, -0.25) is 4.79 Å². The van der Waals surface area contributed by atoms with Gasteiger partial charge >= 0.3 is 0 Å². The Morgan fingerprint density at radius 2 is 2.13 bits per heavy atom. The van der Waals surface area contributed by atoms with Gasteiger partial charge in [0.2, 0.25) is 5.91 Å². The zero-order valence-corrected chi connectivity index (χ0v) is 20.8. The summed E-state index contributed by atoms with van der Waals surface area (Å²) in [4.78, 5) is 17.9. The molecule has 2 N–H and O–H groups in total. The number of hydrogen-bond acceptors (Lipinski definition) is 4. The molecule has 1 aliphatic rings. The summed E-state index contributed by atoms with van der Waals surface area (Å²) in [6, 6.07) is 8.17. The zero-order chi connectivity index (χ0) is 20.9. The van der Waals surface area contributed by atoms with Crippen molar-refractivity contribution in [3.63, 3.8) is 0 Å². The number of guanidine groups is 1. The van der Waals surface area contributed by atoms with E-state index >= 15 is 0 Å². The summed E-state index contributed by atoms with van der Waals surface area (Å²) in [7, 11) is 3.48. The molecule has 0 aromatic heterocycles. The summed E-state index contributed by atoms with van der Waals surface area (Å²) in [6.45, 7) is 5.18. The molecule has 0 radical (unpaired) electrons. The van der Waals surface area contributed by atoms with Crippen molar-refractivity contribution in [3.8, 4) is 5.75 Å². The van der Waals surface area contributed by atoms with Gasteiger partial charge in [0.25, 0.3) is 0 Å². The van der Waals surface area contributed by atoms with E-state index in [9.17, 15) is 4.79 Å². The fourth-order valence-electron chi connectivity index (χ4n) is 2.98. The van der Waals surface area contributed by atoms with Crippen LogP contribution in [0.2, 0.25) is 0 Å². The summed E-state index contributed by atoms with van der Waals surface area (Å²) in [6.07, 6.45) is 5.42. The van der Waals surface area contributed by atoms with Gasteiger partial charge in [-0.2, -0.15) is 0 Å². The van der Waals surface area contributed by atoms with Crippen LogP contribution in [0.5, 0.6) is 5.75 Å². The minimum Gasteiger partial charge on any atom is -0.494 e. The second-order valence-electron chi connectivity index (χ2n) is 7.50. The lowest BCUT2D eigenvalue weighted by atomic mass is 10.1. The number of amides is 1. The van der Waals surface area contributed by atoms with Gasteiger partial charge in [-0.1, -0.05) is 19.1 Å². The van der Waals surface area contributed by atoms with Crippen molar-refractivity contribution < 1.29 is 14.3 Å². The van der Waals surface area contributed by atoms with E-state index in [1.165, 1.54) is 12.0 Å². The number of benzene rings is 1. The Morgan fingerprint density at radius 3 is 2.83 bits per heavy atom. The number of carbonyl (C=O) groups excluding carboxylic acids is 1. The number of hydrogen-bond donors (Lipinski definition) is 2. The van der Waals surface area contributed by atoms with E-state index in [-0.39, 0.29) is 42.5 Å². The lowest BCUT2D eigenvalue weighted by Crippen LogP contribution is -2.43. The van der Waals surface area contributed by atoms with Crippen LogP contribution >= 0.6 is 24.0 Å². The van der Waals surface area contributed by atoms with Crippen molar-refractivity contribution in [1.82, 2.24) is 15.5 Å². The van der Waals surface area contributed by atoms with Gasteiger partial charge in [-0.15, -0.1) is 24.0 Å². The van der Waals surface area contributed by atoms with Crippen LogP contribution in [0.15, 0.2) is 29.3 Å². The molecule has 1 aliphatic heterocycles. The predicted octanol–water partition coefficient (Wildman–Crippen LogP) is 2.83. The first-order chi connectivity index (χ1) is 14.1. The van der Waals surface area contributed by atoms with E-state index in [1.807, 2.05) is 12.1 Å². The molecule has 7 nitrogen and oxygen atoms in total. The molecular formula is C22H37IN4O3. The average molecular weight is 532 g/mol. The number of nitrogens with zero attached hydrogens (tertiary/aromatic N) is 2. The summed E-state index contributed by atoms with van der Waals surface area (Å²) in [5.74, 6) is 1.52. The minimum absolute atomic E-state index is 0. The number of carbonyl (C=O) groups is 1. The second kappa shape index (κ2) is 15.3. The van der Waals surface area contributed by atoms with E-state index in [1.54, 1.807) is 19.0 Å². The Bertz CT molecular complexity index is 649. The monoisotopic (exact) mass is 532 g/mol. The van der Waals surface area contributed by atoms with E-state index < -0.39 is 0 Å². The molecule has 1 unspecified atom stereocenters. The van der Waals surface area contributed by atoms with Crippen LogP contribution in [-0.4, -0.2) is 69.8 Å². The zero-order valence-electron chi connectivity index (χ0n) is 18.5. The van der Waals surface area contributed by atoms with Gasteiger partial charge in [-0.25, -0.2) is 4.99 Å². The number of rotatable bonds is 10. The smallest absolute Gasteiger partial charge is 0.243 e. The highest BCUT2D eigenvalue weighted by atomic mass is 127. The topological polar surface area (TPSA) is 75.2 Å². The third-order valence-electron chi connectivity index (χ3n) is 4.72. The maximum atomic E-state index is 11.9. The molecule has 1 aromatic rings. The molecule has 1 saturated heterocycles. The summed E-state index contributed by atoms with van der Waals surface area (Å²) in [5.41, 5.74) is 1.20. The Kier molecular flexibility index (Phi) is 13.5. The Labute approximate surface area is 198 Å². The van der Waals surface area contributed by atoms with Gasteiger partial charge < -0.3 is 25.0 Å². The van der Waals surface area contributed by atoms with Gasteiger partial charge in [0.1, 0.15) is 12.3 Å². The molecule has 30 heavy (non-hydrogen) atoms. The predicted molar refractivity (Wildman–Crippen MR) is 132 cm³/mol. The van der Waals surface area contributed by atoms with Crippen LogP contribution in [0.1, 0.15) is 38.2 Å². The highest BCUT2D eigenvalue weighted by molar-refractivity contribution is 14.0. The summed E-state index contributed by atoms with van der Waals surface area (Å²) < 4.78 is 11.5. The van der Waals surface area contributed by atoms with E-state index in [4.69, 9.17) is 9.47 Å². The van der Waals surface area contributed by atoms with E-state index in [0.717, 1.165) is 44.6 Å². The quantitative estimate of drug-likeness (QED) is 0.276. The third kappa shape index (κ3) is 10.5. The number of nitrogens with one attached hydrogen (secondary N) is 2. The first-order valence-electron chi connectivity index (χ1n) is 10.6. The molecule has 170 valence electrons. The van der Waals surface area contributed by atoms with Crippen molar-refractivity contribution in [2.45, 2.75) is 45.1 Å². The molecular weight excluding hydrogens is 495 g/mol. The molecule has 0 spiro atoms. The van der Waals surface area contributed by atoms with Crippen molar-refractivity contribution in [1.29, 1.82) is 0 Å². The number of halogens is 1. The van der Waals surface area contributed by atoms with Crippen molar-refractivity contribution in [2.75, 3.05) is 46.9 Å². The SMILES string of the molecule is CCCOc1cccc(CCNC(=NCC(=O)N(C)C)NCC2CCCCO2)c1.I. The Hall–Kier alpha value is -1.55. The number of ether oxygens (including phenoxy) is 2. The fourth-order valence-corrected chi connectivity index (χ4v) is 2.98. The third-order valence-corrected chi connectivity index (χ3v) is 4.72. The standard InChI is InChI=1S/C22H36N4O3.HI/c1-4-13-28-19-10-7-8-18(15-19)11-12-23-22(25-17-21(27)26(2)3)24-16-20-9-5-6-14-29-20;/h7-8,10,15,20H,4-6,9,11-14,16-17H2,1-3H3,(H2,23,24,25);1H. The molecule has 2 rings (SSSR count). The number of likely N-dealkylation sites (N-methyl/N-ethyl adjacent to an activating group) is 1. The summed E-state index contributed by atoms with van der Waals surface area (Å²) >= 11 is 0. The maximum absolute atomic E-state index is 11.9. The van der Waals surface area contributed by atoms with Crippen LogP contribution in [-0.2, 0) is 16.0 Å². The molecule has 0 aliphatic carbocycles. The van der Waals surface area contributed by atoms with Crippen LogP contribution in [0, 0.1) is 0 Å². The molecule has 1 heterocycles. The van der Waals surface area contributed by atoms with Crippen LogP contribution in [0.3, 0.4) is 0 Å². The second-order valence-corrected chi connectivity index (χ2v) is 7.50. The van der Waals surface area contributed by atoms with Gasteiger partial charge in [-0.05, 0) is 49.8 Å². The highest BCUT2D eigenvalue weighted by Crippen LogP contribution is 2.14. The lowest BCUT2D eigenvalue weighted by Gasteiger charge is -2.24. The van der Waals surface area contributed by atoms with Crippen LogP contribution in [0.25, 0.3) is 0 Å². The highest BCUT2D eigenvalue weighted by Gasteiger charge is 2.14. The van der Waals surface area contributed by atoms with Gasteiger partial charge in [0.05, 0.1) is 12.7 Å². The molecule has 1 aromatic carbocycles. The fraction of sp³-hybridized carbons (Fsp3) is 0.636. The molecule has 1 fully saturated rings. The first-order valence-corrected chi connectivity index (χ1v) is 10.6. The largest absolute Gasteiger partial charge is 0.494 e. The average Bonchev–Trinajstić information content (AvgIpc) is 2.74. The van der Waals surface area contributed by atoms with Crippen molar-refractivity contribution in [2.24, 2.45) is 4.99 Å². The minimum atomic E-state index is -0.0270. The summed E-state index contributed by atoms with van der Waals surface area (Å²) in [5, 5.41) is 6.66. The molecule has 8 heteroatoms. The van der Waals surface area contributed by atoms with Crippen LogP contribution in [0.4, 0.5) is 0 Å². The maximum Gasteiger partial charge on any atom is 0.243 e. The van der Waals surface area contributed by atoms with E-state index in [0.29, 0.717) is 19.0 Å². The first kappa shape index (κ1) is 26.5. The van der Waals surface area contributed by atoms with E-state index in [2.05, 4.69) is 34.7 Å². The number of aliphatic imine (C=N–C) groups is 1. The molecule has 1 atom stereocenters. The normalized spacial score (nSPS) is 16.4. The molecule has 1 amide bonds. The Morgan fingerprint density at radius 1 is 1.30 bits per heavy atom. The molecule has 0 bridgehead atoms. The molecule has 0 saturated carbocycles. The van der Waals surface area contributed by atoms with Crippen molar-refractivity contribution >= 4 is 35.8 Å². The Balaban J connectivity index is 0.00000450. The lowest BCUT2D eigenvalue weighted by molar-refractivity contribution is -0.127. The van der Waals surface area contributed by atoms with Crippen LogP contribution < -0.4 is 15.4 Å².